The number of amides is 2. The Morgan fingerprint density at radius 1 is 1.37 bits per heavy atom. The lowest BCUT2D eigenvalue weighted by Crippen LogP contribution is -2.71. The van der Waals surface area contributed by atoms with Crippen LogP contribution in [0.25, 0.3) is 0 Å². The molecule has 0 aromatic heterocycles. The van der Waals surface area contributed by atoms with Crippen molar-refractivity contribution >= 4 is 11.8 Å². The molecule has 0 spiro atoms. The predicted molar refractivity (Wildman–Crippen MR) is 73.7 cm³/mol. The van der Waals surface area contributed by atoms with Gasteiger partial charge in [-0.3, -0.25) is 9.59 Å². The van der Waals surface area contributed by atoms with Crippen molar-refractivity contribution in [3.05, 3.63) is 0 Å². The average molecular weight is 270 g/mol. The molecule has 1 saturated heterocycles. The van der Waals surface area contributed by atoms with E-state index < -0.39 is 11.6 Å². The fourth-order valence-electron chi connectivity index (χ4n) is 2.89. The topological polar surface area (TPSA) is 58.6 Å². The first-order chi connectivity index (χ1) is 8.94. The van der Waals surface area contributed by atoms with E-state index in [1.807, 2.05) is 20.8 Å². The number of piperazine rings is 1. The zero-order chi connectivity index (χ0) is 14.6. The molecule has 19 heavy (non-hydrogen) atoms. The van der Waals surface area contributed by atoms with Gasteiger partial charge in [-0.25, -0.2) is 0 Å². The van der Waals surface area contributed by atoms with E-state index in [1.165, 1.54) is 0 Å². The first-order valence-electron chi connectivity index (χ1n) is 7.07. The maximum atomic E-state index is 12.5. The fourth-order valence-corrected chi connectivity index (χ4v) is 2.89. The van der Waals surface area contributed by atoms with Gasteiger partial charge in [0.25, 0.3) is 0 Å². The maximum Gasteiger partial charge on any atom is 0.246 e. The summed E-state index contributed by atoms with van der Waals surface area (Å²) in [7, 11) is 1.65. The summed E-state index contributed by atoms with van der Waals surface area (Å²) in [6, 6.07) is -0.440. The quantitative estimate of drug-likeness (QED) is 0.792. The second kappa shape index (κ2) is 6.37. The summed E-state index contributed by atoms with van der Waals surface area (Å²) in [4.78, 5) is 26.7. The van der Waals surface area contributed by atoms with E-state index >= 15 is 0 Å². The Balaban J connectivity index is 3.08. The lowest BCUT2D eigenvalue weighted by atomic mass is 9.84. The zero-order valence-corrected chi connectivity index (χ0v) is 12.7. The Kier molecular flexibility index (Phi) is 5.35. The molecule has 2 unspecified atom stereocenters. The third kappa shape index (κ3) is 2.76. The molecular weight excluding hydrogens is 244 g/mol. The number of hydrogen-bond acceptors (Lipinski definition) is 3. The molecular formula is C14H26N2O3. The van der Waals surface area contributed by atoms with Gasteiger partial charge in [0.05, 0.1) is 0 Å². The first kappa shape index (κ1) is 16.0. The monoisotopic (exact) mass is 270 g/mol. The molecule has 5 nitrogen and oxygen atoms in total. The van der Waals surface area contributed by atoms with Gasteiger partial charge >= 0.3 is 0 Å². The average Bonchev–Trinajstić information content (AvgIpc) is 2.40. The van der Waals surface area contributed by atoms with Gasteiger partial charge in [-0.1, -0.05) is 13.8 Å². The van der Waals surface area contributed by atoms with Crippen molar-refractivity contribution in [1.82, 2.24) is 10.2 Å². The molecule has 0 aromatic rings. The number of ether oxygens (including phenoxy) is 1. The Morgan fingerprint density at radius 2 is 1.95 bits per heavy atom. The molecule has 0 aromatic carbocycles. The van der Waals surface area contributed by atoms with Crippen molar-refractivity contribution in [3.63, 3.8) is 0 Å². The minimum Gasteiger partial charge on any atom is -0.385 e. The highest BCUT2D eigenvalue weighted by molar-refractivity contribution is 5.99. The lowest BCUT2D eigenvalue weighted by molar-refractivity contribution is -0.161. The Labute approximate surface area is 115 Å². The van der Waals surface area contributed by atoms with Gasteiger partial charge in [0.2, 0.25) is 11.8 Å². The normalized spacial score (nSPS) is 24.3. The van der Waals surface area contributed by atoms with Crippen molar-refractivity contribution in [3.8, 4) is 0 Å². The smallest absolute Gasteiger partial charge is 0.246 e. The summed E-state index contributed by atoms with van der Waals surface area (Å²) < 4.78 is 5.09. The molecule has 0 saturated carbocycles. The van der Waals surface area contributed by atoms with Crippen molar-refractivity contribution in [2.45, 2.75) is 64.6 Å². The van der Waals surface area contributed by atoms with E-state index in [0.29, 0.717) is 19.4 Å². The van der Waals surface area contributed by atoms with Crippen LogP contribution in [0.15, 0.2) is 0 Å². The Morgan fingerprint density at radius 3 is 2.42 bits per heavy atom. The predicted octanol–water partition coefficient (Wildman–Crippen LogP) is 1.32. The van der Waals surface area contributed by atoms with Gasteiger partial charge in [-0.05, 0) is 33.1 Å². The van der Waals surface area contributed by atoms with E-state index in [4.69, 9.17) is 4.74 Å². The summed E-state index contributed by atoms with van der Waals surface area (Å²) in [5, 5.41) is 2.80. The van der Waals surface area contributed by atoms with E-state index in [-0.39, 0.29) is 17.9 Å². The highest BCUT2D eigenvalue weighted by atomic mass is 16.5. The second-order valence-electron chi connectivity index (χ2n) is 5.27. The third-order valence-electron chi connectivity index (χ3n) is 4.19. The van der Waals surface area contributed by atoms with Crippen LogP contribution < -0.4 is 5.32 Å². The van der Waals surface area contributed by atoms with Gasteiger partial charge in [-0.15, -0.1) is 0 Å². The maximum absolute atomic E-state index is 12.5. The van der Waals surface area contributed by atoms with Crippen LogP contribution in [0.3, 0.4) is 0 Å². The molecule has 5 heteroatoms. The number of hydrogen-bond donors (Lipinski definition) is 1. The summed E-state index contributed by atoms with van der Waals surface area (Å²) in [6.45, 7) is 8.24. The summed E-state index contributed by atoms with van der Waals surface area (Å²) in [5.74, 6) is -0.0271. The summed E-state index contributed by atoms with van der Waals surface area (Å²) in [6.07, 6.45) is 2.00. The summed E-state index contributed by atoms with van der Waals surface area (Å²) >= 11 is 0. The van der Waals surface area contributed by atoms with Crippen LogP contribution in [0.4, 0.5) is 0 Å². The van der Waals surface area contributed by atoms with E-state index in [9.17, 15) is 9.59 Å². The van der Waals surface area contributed by atoms with Crippen LogP contribution in [-0.4, -0.2) is 48.1 Å². The molecule has 1 heterocycles. The van der Waals surface area contributed by atoms with Crippen molar-refractivity contribution in [2.75, 3.05) is 13.7 Å². The van der Waals surface area contributed by atoms with Crippen LogP contribution in [-0.2, 0) is 14.3 Å². The minimum absolute atomic E-state index is 0.000787. The fraction of sp³-hybridized carbons (Fsp3) is 0.857. The molecule has 1 N–H and O–H groups in total. The van der Waals surface area contributed by atoms with Gasteiger partial charge in [0.15, 0.2) is 0 Å². The van der Waals surface area contributed by atoms with Crippen molar-refractivity contribution in [2.24, 2.45) is 0 Å². The van der Waals surface area contributed by atoms with E-state index in [1.54, 1.807) is 18.9 Å². The molecule has 0 aliphatic carbocycles. The molecule has 1 aliphatic rings. The molecule has 1 fully saturated rings. The largest absolute Gasteiger partial charge is 0.385 e. The highest BCUT2D eigenvalue weighted by Gasteiger charge is 2.50. The number of nitrogens with zero attached hydrogens (tertiary/aromatic N) is 1. The molecule has 1 aliphatic heterocycles. The second-order valence-corrected chi connectivity index (χ2v) is 5.27. The molecule has 110 valence electrons. The SMILES string of the molecule is CCC1(CC)C(=O)NC(C)C(=O)N1C(C)CCOC. The van der Waals surface area contributed by atoms with Gasteiger partial charge in [0.1, 0.15) is 11.6 Å². The lowest BCUT2D eigenvalue weighted by Gasteiger charge is -2.50. The number of nitrogens with one attached hydrogen (secondary N) is 1. The highest BCUT2D eigenvalue weighted by Crippen LogP contribution is 2.31. The van der Waals surface area contributed by atoms with Gasteiger partial charge in [0, 0.05) is 19.8 Å². The van der Waals surface area contributed by atoms with Gasteiger partial charge < -0.3 is 15.0 Å². The van der Waals surface area contributed by atoms with Gasteiger partial charge in [-0.2, -0.15) is 0 Å². The number of methoxy groups -OCH3 is 1. The molecule has 0 bridgehead atoms. The minimum atomic E-state index is -0.712. The van der Waals surface area contributed by atoms with Crippen LogP contribution in [0.5, 0.6) is 0 Å². The number of rotatable bonds is 6. The zero-order valence-electron chi connectivity index (χ0n) is 12.7. The van der Waals surface area contributed by atoms with Crippen LogP contribution >= 0.6 is 0 Å². The first-order valence-corrected chi connectivity index (χ1v) is 7.07. The van der Waals surface area contributed by atoms with Crippen LogP contribution in [0.1, 0.15) is 47.0 Å². The van der Waals surface area contributed by atoms with Crippen LogP contribution in [0.2, 0.25) is 0 Å². The Bertz CT molecular complexity index is 340. The number of carbonyl (C=O) groups is 2. The Hall–Kier alpha value is -1.10. The molecule has 1 rings (SSSR count). The van der Waals surface area contributed by atoms with Crippen molar-refractivity contribution < 1.29 is 14.3 Å². The van der Waals surface area contributed by atoms with Crippen molar-refractivity contribution in [1.29, 1.82) is 0 Å². The summed E-state index contributed by atoms with van der Waals surface area (Å²) in [5.41, 5.74) is -0.712. The van der Waals surface area contributed by atoms with E-state index in [2.05, 4.69) is 5.32 Å². The molecule has 2 atom stereocenters. The van der Waals surface area contributed by atoms with Crippen LogP contribution in [0, 0.1) is 0 Å². The number of carbonyl (C=O) groups excluding carboxylic acids is 2. The molecule has 2 amide bonds. The van der Waals surface area contributed by atoms with E-state index in [0.717, 1.165) is 6.42 Å². The standard InChI is InChI=1S/C14H26N2O3/c1-6-14(7-2)13(18)15-11(4)12(17)16(14)10(3)8-9-19-5/h10-11H,6-9H2,1-5H3,(H,15,18). The molecule has 0 radical (unpaired) electrons. The third-order valence-corrected chi connectivity index (χ3v) is 4.19.